The van der Waals surface area contributed by atoms with Gasteiger partial charge in [0.1, 0.15) is 10.6 Å². The van der Waals surface area contributed by atoms with Gasteiger partial charge in [-0.3, -0.25) is 4.79 Å². The van der Waals surface area contributed by atoms with E-state index in [0.717, 1.165) is 6.42 Å². The van der Waals surface area contributed by atoms with Gasteiger partial charge in [0.2, 0.25) is 0 Å². The number of hydrogen-bond acceptors (Lipinski definition) is 3. The molecule has 1 rings (SSSR count). The molecule has 0 bridgehead atoms. The molecular weight excluding hydrogens is 288 g/mol. The van der Waals surface area contributed by atoms with Crippen LogP contribution in [0.3, 0.4) is 0 Å². The fourth-order valence-corrected chi connectivity index (χ4v) is 2.40. The molecule has 1 aromatic rings. The third-order valence-corrected chi connectivity index (χ3v) is 3.66. The van der Waals surface area contributed by atoms with Crippen molar-refractivity contribution < 1.29 is 13.2 Å². The highest BCUT2D eigenvalue weighted by atomic mass is 35.7. The number of halogens is 1. The Kier molecular flexibility index (Phi) is 4.68. The lowest BCUT2D eigenvalue weighted by atomic mass is 10.1. The molecule has 1 heterocycles. The van der Waals surface area contributed by atoms with Crippen LogP contribution in [0.4, 0.5) is 0 Å². The van der Waals surface area contributed by atoms with E-state index in [1.54, 1.807) is 4.57 Å². The van der Waals surface area contributed by atoms with Crippen molar-refractivity contribution in [2.75, 3.05) is 0 Å². The number of aryl methyl sites for hydroxylation is 1. The lowest BCUT2D eigenvalue weighted by Gasteiger charge is -2.21. The summed E-state index contributed by atoms with van der Waals surface area (Å²) in [5.74, 6) is -0.312. The predicted molar refractivity (Wildman–Crippen MR) is 75.0 cm³/mol. The Bertz CT molecular complexity index is 570. The van der Waals surface area contributed by atoms with Gasteiger partial charge in [0.15, 0.2) is 0 Å². The maximum atomic E-state index is 12.1. The highest BCUT2D eigenvalue weighted by molar-refractivity contribution is 8.13. The van der Waals surface area contributed by atoms with Crippen molar-refractivity contribution in [2.45, 2.75) is 51.1 Å². The standard InChI is InChI=1S/C12H19ClN2O3S/c1-5-6-15-8-9(19(13,17)18)7-10(15)11(16)14-12(2,3)4/h7-8H,5-6H2,1-4H3,(H,14,16). The summed E-state index contributed by atoms with van der Waals surface area (Å²) in [4.78, 5) is 12.1. The van der Waals surface area contributed by atoms with E-state index in [1.807, 2.05) is 27.7 Å². The van der Waals surface area contributed by atoms with Crippen LogP contribution in [0.25, 0.3) is 0 Å². The number of carbonyl (C=O) groups is 1. The Morgan fingerprint density at radius 3 is 2.42 bits per heavy atom. The fraction of sp³-hybridized carbons (Fsp3) is 0.583. The smallest absolute Gasteiger partial charge is 0.268 e. The van der Waals surface area contributed by atoms with Gasteiger partial charge >= 0.3 is 0 Å². The van der Waals surface area contributed by atoms with Gasteiger partial charge in [-0.15, -0.1) is 0 Å². The first-order valence-electron chi connectivity index (χ1n) is 6.02. The second kappa shape index (κ2) is 5.54. The highest BCUT2D eigenvalue weighted by Gasteiger charge is 2.22. The zero-order chi connectivity index (χ0) is 14.8. The molecule has 108 valence electrons. The number of hydrogen-bond donors (Lipinski definition) is 1. The van der Waals surface area contributed by atoms with E-state index in [4.69, 9.17) is 10.7 Å². The largest absolute Gasteiger partial charge is 0.346 e. The lowest BCUT2D eigenvalue weighted by Crippen LogP contribution is -2.41. The molecule has 0 aromatic carbocycles. The van der Waals surface area contributed by atoms with Gasteiger partial charge in [0, 0.05) is 29.0 Å². The van der Waals surface area contributed by atoms with Gasteiger partial charge in [0.05, 0.1) is 0 Å². The van der Waals surface area contributed by atoms with Crippen LogP contribution in [0.15, 0.2) is 17.2 Å². The Morgan fingerprint density at radius 2 is 2.00 bits per heavy atom. The van der Waals surface area contributed by atoms with Gasteiger partial charge in [-0.2, -0.15) is 0 Å². The molecule has 1 aromatic heterocycles. The van der Waals surface area contributed by atoms with Gasteiger partial charge in [-0.05, 0) is 33.3 Å². The Hall–Kier alpha value is -1.01. The van der Waals surface area contributed by atoms with Crippen LogP contribution in [0.5, 0.6) is 0 Å². The molecule has 0 unspecified atom stereocenters. The fourth-order valence-electron chi connectivity index (χ4n) is 1.64. The van der Waals surface area contributed by atoms with Crippen LogP contribution in [0.1, 0.15) is 44.6 Å². The lowest BCUT2D eigenvalue weighted by molar-refractivity contribution is 0.0910. The summed E-state index contributed by atoms with van der Waals surface area (Å²) in [6, 6.07) is 1.30. The van der Waals surface area contributed by atoms with E-state index in [2.05, 4.69) is 5.32 Å². The predicted octanol–water partition coefficient (Wildman–Crippen LogP) is 2.35. The monoisotopic (exact) mass is 306 g/mol. The minimum absolute atomic E-state index is 0.0540. The first kappa shape index (κ1) is 16.0. The number of aromatic nitrogens is 1. The van der Waals surface area contributed by atoms with E-state index < -0.39 is 14.6 Å². The second-order valence-corrected chi connectivity index (χ2v) is 7.96. The van der Waals surface area contributed by atoms with Gasteiger partial charge in [-0.1, -0.05) is 6.92 Å². The molecule has 5 nitrogen and oxygen atoms in total. The van der Waals surface area contributed by atoms with E-state index in [9.17, 15) is 13.2 Å². The topological polar surface area (TPSA) is 68.2 Å². The normalized spacial score (nSPS) is 12.5. The molecule has 0 saturated heterocycles. The first-order valence-corrected chi connectivity index (χ1v) is 8.33. The van der Waals surface area contributed by atoms with Gasteiger partial charge in [0.25, 0.3) is 15.0 Å². The molecular formula is C12H19ClN2O3S. The minimum Gasteiger partial charge on any atom is -0.346 e. The zero-order valence-corrected chi connectivity index (χ0v) is 13.1. The maximum absolute atomic E-state index is 12.1. The first-order chi connectivity index (χ1) is 8.54. The second-order valence-electron chi connectivity index (χ2n) is 5.40. The molecule has 0 fully saturated rings. The molecule has 0 atom stereocenters. The maximum Gasteiger partial charge on any atom is 0.268 e. The SMILES string of the molecule is CCCn1cc(S(=O)(=O)Cl)cc1C(=O)NC(C)(C)C. The molecule has 19 heavy (non-hydrogen) atoms. The molecule has 0 aliphatic heterocycles. The van der Waals surface area contributed by atoms with E-state index in [-0.39, 0.29) is 10.8 Å². The molecule has 0 aliphatic carbocycles. The quantitative estimate of drug-likeness (QED) is 0.868. The summed E-state index contributed by atoms with van der Waals surface area (Å²) in [5, 5.41) is 2.80. The molecule has 7 heteroatoms. The van der Waals surface area contributed by atoms with Crippen LogP contribution in [0, 0.1) is 0 Å². The van der Waals surface area contributed by atoms with E-state index in [0.29, 0.717) is 12.2 Å². The van der Waals surface area contributed by atoms with Crippen LogP contribution < -0.4 is 5.32 Å². The summed E-state index contributed by atoms with van der Waals surface area (Å²) >= 11 is 0. The average Bonchev–Trinajstić information content (AvgIpc) is 2.59. The van der Waals surface area contributed by atoms with Crippen molar-refractivity contribution in [3.05, 3.63) is 18.0 Å². The summed E-state index contributed by atoms with van der Waals surface area (Å²) in [7, 11) is 1.48. The molecule has 0 radical (unpaired) electrons. The molecule has 0 spiro atoms. The van der Waals surface area contributed by atoms with Crippen LogP contribution >= 0.6 is 10.7 Å². The highest BCUT2D eigenvalue weighted by Crippen LogP contribution is 2.19. The van der Waals surface area contributed by atoms with Gasteiger partial charge in [-0.25, -0.2) is 8.42 Å². The summed E-state index contributed by atoms with van der Waals surface area (Å²) in [6.07, 6.45) is 2.18. The van der Waals surface area contributed by atoms with Crippen LogP contribution in [-0.2, 0) is 15.6 Å². The minimum atomic E-state index is -3.83. The molecule has 1 N–H and O–H groups in total. The number of nitrogens with one attached hydrogen (secondary N) is 1. The Labute approximate surface area is 118 Å². The molecule has 0 saturated carbocycles. The van der Waals surface area contributed by atoms with Crippen molar-refractivity contribution in [2.24, 2.45) is 0 Å². The summed E-state index contributed by atoms with van der Waals surface area (Å²) in [5.41, 5.74) is -0.0886. The van der Waals surface area contributed by atoms with E-state index >= 15 is 0 Å². The zero-order valence-electron chi connectivity index (χ0n) is 11.5. The van der Waals surface area contributed by atoms with Crippen molar-refractivity contribution in [3.8, 4) is 0 Å². The number of nitrogens with zero attached hydrogens (tertiary/aromatic N) is 1. The number of carbonyl (C=O) groups excluding carboxylic acids is 1. The number of amides is 1. The molecule has 1 amide bonds. The molecule has 0 aliphatic rings. The Morgan fingerprint density at radius 1 is 1.42 bits per heavy atom. The average molecular weight is 307 g/mol. The third kappa shape index (κ3) is 4.54. The van der Waals surface area contributed by atoms with Crippen LogP contribution in [0.2, 0.25) is 0 Å². The van der Waals surface area contributed by atoms with Gasteiger partial charge < -0.3 is 9.88 Å². The summed E-state index contributed by atoms with van der Waals surface area (Å²) in [6.45, 7) is 8.07. The third-order valence-electron chi connectivity index (χ3n) is 2.34. The summed E-state index contributed by atoms with van der Waals surface area (Å²) < 4.78 is 24.3. The number of rotatable bonds is 4. The van der Waals surface area contributed by atoms with Crippen molar-refractivity contribution in [1.82, 2.24) is 9.88 Å². The van der Waals surface area contributed by atoms with Crippen molar-refractivity contribution in [1.29, 1.82) is 0 Å². The van der Waals surface area contributed by atoms with E-state index in [1.165, 1.54) is 12.3 Å². The van der Waals surface area contributed by atoms with Crippen molar-refractivity contribution >= 4 is 25.6 Å². The van der Waals surface area contributed by atoms with Crippen molar-refractivity contribution in [3.63, 3.8) is 0 Å². The Balaban J connectivity index is 3.18. The van der Waals surface area contributed by atoms with Crippen LogP contribution in [-0.4, -0.2) is 24.4 Å².